The quantitative estimate of drug-likeness (QED) is 0.850. The van der Waals surface area contributed by atoms with Gasteiger partial charge in [0.05, 0.1) is 16.8 Å². The fourth-order valence-corrected chi connectivity index (χ4v) is 3.29. The molecule has 0 unspecified atom stereocenters. The Kier molecular flexibility index (Phi) is 4.13. The summed E-state index contributed by atoms with van der Waals surface area (Å²) in [5.74, 6) is 0. The molecule has 0 radical (unpaired) electrons. The molecule has 0 saturated carbocycles. The molecule has 19 heavy (non-hydrogen) atoms. The van der Waals surface area contributed by atoms with Crippen LogP contribution in [0.3, 0.4) is 0 Å². The fraction of sp³-hybridized carbons (Fsp3) is 0.0833. The highest BCUT2D eigenvalue weighted by Crippen LogP contribution is 2.22. The van der Waals surface area contributed by atoms with Crippen LogP contribution in [0.25, 0.3) is 0 Å². The molecule has 0 saturated heterocycles. The molecule has 0 fully saturated rings. The van der Waals surface area contributed by atoms with Gasteiger partial charge in [0, 0.05) is 5.02 Å². The van der Waals surface area contributed by atoms with E-state index in [1.807, 2.05) is 0 Å². The summed E-state index contributed by atoms with van der Waals surface area (Å²) in [4.78, 5) is 4.16. The second-order valence-electron chi connectivity index (χ2n) is 3.88. The highest BCUT2D eigenvalue weighted by atomic mass is 79.9. The molecule has 1 heterocycles. The zero-order valence-electron chi connectivity index (χ0n) is 9.89. The lowest BCUT2D eigenvalue weighted by Crippen LogP contribution is -2.14. The number of pyridine rings is 1. The molecule has 2 aromatic rings. The number of anilines is 1. The monoisotopic (exact) mass is 360 g/mol. The van der Waals surface area contributed by atoms with Crippen molar-refractivity contribution in [1.82, 2.24) is 4.98 Å². The van der Waals surface area contributed by atoms with Gasteiger partial charge in [-0.2, -0.15) is 0 Å². The maximum Gasteiger partial charge on any atom is 0.262 e. The Morgan fingerprint density at radius 3 is 2.58 bits per heavy atom. The summed E-state index contributed by atoms with van der Waals surface area (Å²) in [5.41, 5.74) is 0.989. The number of aryl methyl sites for hydroxylation is 1. The van der Waals surface area contributed by atoms with E-state index in [-0.39, 0.29) is 4.90 Å². The van der Waals surface area contributed by atoms with Crippen LogP contribution < -0.4 is 4.72 Å². The van der Waals surface area contributed by atoms with Crippen LogP contribution in [0.5, 0.6) is 0 Å². The van der Waals surface area contributed by atoms with E-state index in [4.69, 9.17) is 11.6 Å². The maximum atomic E-state index is 12.2. The van der Waals surface area contributed by atoms with Gasteiger partial charge in [0.25, 0.3) is 10.0 Å². The molecule has 0 bridgehead atoms. The minimum Gasteiger partial charge on any atom is -0.278 e. The number of hydrogen-bond donors (Lipinski definition) is 1. The molecule has 1 aromatic heterocycles. The van der Waals surface area contributed by atoms with Gasteiger partial charge >= 0.3 is 0 Å². The first-order valence-corrected chi connectivity index (χ1v) is 7.94. The smallest absolute Gasteiger partial charge is 0.262 e. The molecule has 100 valence electrons. The van der Waals surface area contributed by atoms with Gasteiger partial charge in [0.1, 0.15) is 4.60 Å². The lowest BCUT2D eigenvalue weighted by atomic mass is 10.2. The van der Waals surface area contributed by atoms with Crippen molar-refractivity contribution in [2.75, 3.05) is 4.72 Å². The van der Waals surface area contributed by atoms with Crippen LogP contribution in [0.2, 0.25) is 5.02 Å². The molecule has 7 heteroatoms. The van der Waals surface area contributed by atoms with Gasteiger partial charge in [0.2, 0.25) is 0 Å². The van der Waals surface area contributed by atoms with Gasteiger partial charge in [-0.15, -0.1) is 0 Å². The van der Waals surface area contributed by atoms with E-state index in [0.717, 1.165) is 0 Å². The van der Waals surface area contributed by atoms with Gasteiger partial charge in [-0.3, -0.25) is 4.72 Å². The summed E-state index contributed by atoms with van der Waals surface area (Å²) < 4.78 is 27.6. The van der Waals surface area contributed by atoms with Crippen molar-refractivity contribution in [3.05, 3.63) is 51.7 Å². The number of nitrogens with zero attached hydrogens (tertiary/aromatic N) is 1. The van der Waals surface area contributed by atoms with Crippen LogP contribution in [-0.2, 0) is 10.0 Å². The van der Waals surface area contributed by atoms with Crippen LogP contribution in [-0.4, -0.2) is 13.4 Å². The van der Waals surface area contributed by atoms with Gasteiger partial charge in [0.15, 0.2) is 0 Å². The Labute approximate surface area is 125 Å². The topological polar surface area (TPSA) is 59.1 Å². The molecule has 1 aromatic carbocycles. The molecular weight excluding hydrogens is 352 g/mol. The Hall–Kier alpha value is -1.11. The molecular formula is C12H10BrClN2O2S. The number of aromatic nitrogens is 1. The van der Waals surface area contributed by atoms with E-state index in [1.165, 1.54) is 12.3 Å². The molecule has 0 aliphatic rings. The number of benzene rings is 1. The number of hydrogen-bond acceptors (Lipinski definition) is 3. The minimum absolute atomic E-state index is 0.194. The van der Waals surface area contributed by atoms with E-state index in [2.05, 4.69) is 25.6 Å². The summed E-state index contributed by atoms with van der Waals surface area (Å²) in [7, 11) is -3.64. The third-order valence-corrected chi connectivity index (χ3v) is 4.65. The van der Waals surface area contributed by atoms with Crippen LogP contribution in [0.15, 0.2) is 46.0 Å². The normalized spacial score (nSPS) is 11.3. The molecule has 0 atom stereocenters. The largest absolute Gasteiger partial charge is 0.278 e. The third kappa shape index (κ3) is 3.46. The van der Waals surface area contributed by atoms with Crippen molar-refractivity contribution in [1.29, 1.82) is 0 Å². The standard InChI is InChI=1S/C12H10BrClN2O2S/c1-8-6-9(14)2-4-11(8)19(17,18)16-10-3-5-12(13)15-7-10/h2-7,16H,1H3. The molecule has 2 rings (SSSR count). The molecule has 4 nitrogen and oxygen atoms in total. The van der Waals surface area contributed by atoms with Gasteiger partial charge in [-0.05, 0) is 58.7 Å². The molecule has 0 spiro atoms. The zero-order valence-corrected chi connectivity index (χ0v) is 13.1. The van der Waals surface area contributed by atoms with Crippen LogP contribution in [0.4, 0.5) is 5.69 Å². The predicted octanol–water partition coefficient (Wildman–Crippen LogP) is 3.61. The van der Waals surface area contributed by atoms with E-state index in [0.29, 0.717) is 20.9 Å². The zero-order chi connectivity index (χ0) is 14.0. The number of rotatable bonds is 3. The van der Waals surface area contributed by atoms with E-state index in [9.17, 15) is 8.42 Å². The first kappa shape index (κ1) is 14.3. The summed E-state index contributed by atoms with van der Waals surface area (Å²) in [6, 6.07) is 7.91. The van der Waals surface area contributed by atoms with Crippen molar-refractivity contribution in [2.45, 2.75) is 11.8 Å². The lowest BCUT2D eigenvalue weighted by Gasteiger charge is -2.10. The summed E-state index contributed by atoms with van der Waals surface area (Å²) in [5, 5.41) is 0.502. The number of halogens is 2. The summed E-state index contributed by atoms with van der Waals surface area (Å²) >= 11 is 9.00. The average molecular weight is 362 g/mol. The second-order valence-corrected chi connectivity index (χ2v) is 6.78. The third-order valence-electron chi connectivity index (χ3n) is 2.41. The Morgan fingerprint density at radius 1 is 1.26 bits per heavy atom. The van der Waals surface area contributed by atoms with Crippen LogP contribution in [0.1, 0.15) is 5.56 Å². The second kappa shape index (κ2) is 5.48. The number of sulfonamides is 1. The first-order valence-electron chi connectivity index (χ1n) is 5.29. The molecule has 0 amide bonds. The van der Waals surface area contributed by atoms with Gasteiger partial charge in [-0.1, -0.05) is 11.6 Å². The number of nitrogens with one attached hydrogen (secondary N) is 1. The van der Waals surface area contributed by atoms with Crippen molar-refractivity contribution in [3.63, 3.8) is 0 Å². The predicted molar refractivity (Wildman–Crippen MR) is 78.9 cm³/mol. The SMILES string of the molecule is Cc1cc(Cl)ccc1S(=O)(=O)Nc1ccc(Br)nc1. The van der Waals surface area contributed by atoms with E-state index in [1.54, 1.807) is 31.2 Å². The maximum absolute atomic E-state index is 12.2. The van der Waals surface area contributed by atoms with Gasteiger partial charge < -0.3 is 0 Å². The summed E-state index contributed by atoms with van der Waals surface area (Å²) in [6.07, 6.45) is 1.44. The van der Waals surface area contributed by atoms with Crippen LogP contribution in [0, 0.1) is 6.92 Å². The Bertz CT molecular complexity index is 702. The molecule has 0 aliphatic heterocycles. The Balaban J connectivity index is 2.35. The lowest BCUT2D eigenvalue weighted by molar-refractivity contribution is 0.600. The average Bonchev–Trinajstić information content (AvgIpc) is 2.31. The van der Waals surface area contributed by atoms with Crippen molar-refractivity contribution in [3.8, 4) is 0 Å². The van der Waals surface area contributed by atoms with Crippen LogP contribution >= 0.6 is 27.5 Å². The molecule has 0 aliphatic carbocycles. The Morgan fingerprint density at radius 2 is 2.00 bits per heavy atom. The van der Waals surface area contributed by atoms with E-state index >= 15 is 0 Å². The first-order chi connectivity index (χ1) is 8.88. The van der Waals surface area contributed by atoms with E-state index < -0.39 is 10.0 Å². The van der Waals surface area contributed by atoms with Crippen molar-refractivity contribution in [2.24, 2.45) is 0 Å². The fourth-order valence-electron chi connectivity index (χ4n) is 1.56. The van der Waals surface area contributed by atoms with Gasteiger partial charge in [-0.25, -0.2) is 13.4 Å². The molecule has 1 N–H and O–H groups in total. The highest BCUT2D eigenvalue weighted by molar-refractivity contribution is 9.10. The summed E-state index contributed by atoms with van der Waals surface area (Å²) in [6.45, 7) is 1.69. The van der Waals surface area contributed by atoms with Crippen molar-refractivity contribution < 1.29 is 8.42 Å². The van der Waals surface area contributed by atoms with Crippen molar-refractivity contribution >= 4 is 43.2 Å². The minimum atomic E-state index is -3.64. The highest BCUT2D eigenvalue weighted by Gasteiger charge is 2.17.